The smallest absolute Gasteiger partial charge is 0.244 e. The number of hydrazone groups is 1. The van der Waals surface area contributed by atoms with Crippen molar-refractivity contribution in [2.45, 2.75) is 13.3 Å². The van der Waals surface area contributed by atoms with E-state index in [0.717, 1.165) is 22.0 Å². The van der Waals surface area contributed by atoms with Crippen molar-refractivity contribution in [3.63, 3.8) is 0 Å². The summed E-state index contributed by atoms with van der Waals surface area (Å²) in [5.74, 6) is -0.181. The average molecular weight is 360 g/mol. The summed E-state index contributed by atoms with van der Waals surface area (Å²) < 4.78 is 0. The Kier molecular flexibility index (Phi) is 4.88. The second kappa shape index (κ2) is 7.07. The summed E-state index contributed by atoms with van der Waals surface area (Å²) in [6, 6.07) is 13.1. The molecule has 1 amide bonds. The number of rotatable bonds is 4. The zero-order chi connectivity index (χ0) is 17.1. The molecule has 0 aliphatic carbocycles. The van der Waals surface area contributed by atoms with Gasteiger partial charge in [0.05, 0.1) is 22.2 Å². The lowest BCUT2D eigenvalue weighted by molar-refractivity contribution is -0.120. The lowest BCUT2D eigenvalue weighted by atomic mass is 10.1. The number of H-pyrrole nitrogens is 1. The SMILES string of the molecule is CC(=NNC(=O)Cc1c[nH]c2ccccc12)c1ccc(Cl)c(Cl)c1. The summed E-state index contributed by atoms with van der Waals surface area (Å²) in [5, 5.41) is 6.11. The number of amides is 1. The van der Waals surface area contributed by atoms with Crippen molar-refractivity contribution >= 4 is 45.7 Å². The van der Waals surface area contributed by atoms with E-state index in [9.17, 15) is 4.79 Å². The normalized spacial score (nSPS) is 11.7. The van der Waals surface area contributed by atoms with E-state index >= 15 is 0 Å². The summed E-state index contributed by atoms with van der Waals surface area (Å²) in [6.45, 7) is 1.80. The number of nitrogens with one attached hydrogen (secondary N) is 2. The molecule has 1 heterocycles. The van der Waals surface area contributed by atoms with Crippen LogP contribution in [0, 0.1) is 0 Å². The molecule has 0 fully saturated rings. The number of fused-ring (bicyclic) bond motifs is 1. The molecule has 0 atom stereocenters. The monoisotopic (exact) mass is 359 g/mol. The number of para-hydroxylation sites is 1. The second-order valence-corrected chi connectivity index (χ2v) is 6.21. The molecule has 0 radical (unpaired) electrons. The maximum Gasteiger partial charge on any atom is 0.244 e. The molecule has 4 nitrogen and oxygen atoms in total. The highest BCUT2D eigenvalue weighted by molar-refractivity contribution is 6.42. The second-order valence-electron chi connectivity index (χ2n) is 5.40. The standard InChI is InChI=1S/C18H15Cl2N3O/c1-11(12-6-7-15(19)16(20)8-12)22-23-18(24)9-13-10-21-17-5-3-2-4-14(13)17/h2-8,10,21H,9H2,1H3,(H,23,24). The van der Waals surface area contributed by atoms with E-state index < -0.39 is 0 Å². The maximum atomic E-state index is 12.1. The van der Waals surface area contributed by atoms with E-state index in [4.69, 9.17) is 23.2 Å². The van der Waals surface area contributed by atoms with Crippen LogP contribution in [-0.4, -0.2) is 16.6 Å². The Morgan fingerprint density at radius 1 is 1.17 bits per heavy atom. The number of halogens is 2. The highest BCUT2D eigenvalue weighted by Crippen LogP contribution is 2.23. The van der Waals surface area contributed by atoms with Crippen molar-refractivity contribution in [2.24, 2.45) is 5.10 Å². The minimum atomic E-state index is -0.181. The third-order valence-corrected chi connectivity index (χ3v) is 4.45. The molecule has 1 aromatic heterocycles. The quantitative estimate of drug-likeness (QED) is 0.520. The van der Waals surface area contributed by atoms with Crippen molar-refractivity contribution < 1.29 is 4.79 Å². The van der Waals surface area contributed by atoms with Gasteiger partial charge in [0, 0.05) is 17.1 Å². The Bertz CT molecular complexity index is 931. The number of aromatic amines is 1. The zero-order valence-corrected chi connectivity index (χ0v) is 14.4. The number of nitrogens with zero attached hydrogens (tertiary/aromatic N) is 1. The van der Waals surface area contributed by atoms with E-state index in [-0.39, 0.29) is 12.3 Å². The van der Waals surface area contributed by atoms with Crippen molar-refractivity contribution in [1.29, 1.82) is 0 Å². The lowest BCUT2D eigenvalue weighted by Crippen LogP contribution is -2.21. The Balaban J connectivity index is 1.69. The van der Waals surface area contributed by atoms with Gasteiger partial charge in [0.15, 0.2) is 0 Å². The van der Waals surface area contributed by atoms with Crippen molar-refractivity contribution in [3.05, 3.63) is 69.8 Å². The first kappa shape index (κ1) is 16.6. The van der Waals surface area contributed by atoms with Gasteiger partial charge >= 0.3 is 0 Å². The van der Waals surface area contributed by atoms with Crippen LogP contribution in [0.2, 0.25) is 10.0 Å². The van der Waals surface area contributed by atoms with Gasteiger partial charge in [0.1, 0.15) is 0 Å². The van der Waals surface area contributed by atoms with Gasteiger partial charge in [-0.05, 0) is 36.2 Å². The number of aromatic nitrogens is 1. The molecule has 122 valence electrons. The highest BCUT2D eigenvalue weighted by Gasteiger charge is 2.08. The number of hydrogen-bond donors (Lipinski definition) is 2. The third-order valence-electron chi connectivity index (χ3n) is 3.71. The van der Waals surface area contributed by atoms with Gasteiger partial charge in [0.25, 0.3) is 0 Å². The van der Waals surface area contributed by atoms with Crippen molar-refractivity contribution in [1.82, 2.24) is 10.4 Å². The third kappa shape index (κ3) is 3.61. The predicted molar refractivity (Wildman–Crippen MR) is 98.8 cm³/mol. The van der Waals surface area contributed by atoms with Crippen LogP contribution in [0.15, 0.2) is 53.8 Å². The molecule has 0 saturated heterocycles. The summed E-state index contributed by atoms with van der Waals surface area (Å²) >= 11 is 11.9. The van der Waals surface area contributed by atoms with E-state index in [1.165, 1.54) is 0 Å². The molecule has 3 aromatic rings. The first-order valence-corrected chi connectivity index (χ1v) is 8.14. The van der Waals surface area contributed by atoms with Crippen LogP contribution in [0.3, 0.4) is 0 Å². The maximum absolute atomic E-state index is 12.1. The van der Waals surface area contributed by atoms with Crippen LogP contribution in [-0.2, 0) is 11.2 Å². The fraction of sp³-hybridized carbons (Fsp3) is 0.111. The first-order valence-electron chi connectivity index (χ1n) is 7.38. The van der Waals surface area contributed by atoms with E-state index in [1.807, 2.05) is 30.5 Å². The van der Waals surface area contributed by atoms with Crippen LogP contribution in [0.1, 0.15) is 18.1 Å². The minimum Gasteiger partial charge on any atom is -0.361 e. The largest absolute Gasteiger partial charge is 0.361 e. The van der Waals surface area contributed by atoms with Crippen LogP contribution in [0.4, 0.5) is 0 Å². The van der Waals surface area contributed by atoms with Crippen LogP contribution in [0.5, 0.6) is 0 Å². The van der Waals surface area contributed by atoms with Gasteiger partial charge in [-0.3, -0.25) is 4.79 Å². The van der Waals surface area contributed by atoms with Crippen molar-refractivity contribution in [3.8, 4) is 0 Å². The molecule has 0 unspecified atom stereocenters. The van der Waals surface area contributed by atoms with Crippen LogP contribution >= 0.6 is 23.2 Å². The van der Waals surface area contributed by atoms with Gasteiger partial charge in [-0.1, -0.05) is 47.5 Å². The Labute approximate surface area is 149 Å². The lowest BCUT2D eigenvalue weighted by Gasteiger charge is -2.04. The van der Waals surface area contributed by atoms with E-state index in [0.29, 0.717) is 15.8 Å². The molecule has 0 saturated carbocycles. The number of carbonyl (C=O) groups excluding carboxylic acids is 1. The van der Waals surface area contributed by atoms with Crippen LogP contribution in [0.25, 0.3) is 10.9 Å². The summed E-state index contributed by atoms with van der Waals surface area (Å²) in [5.41, 5.74) is 5.98. The summed E-state index contributed by atoms with van der Waals surface area (Å²) in [6.07, 6.45) is 2.10. The van der Waals surface area contributed by atoms with Gasteiger partial charge in [-0.15, -0.1) is 0 Å². The van der Waals surface area contributed by atoms with Crippen LogP contribution < -0.4 is 5.43 Å². The number of hydrogen-bond acceptors (Lipinski definition) is 2. The molecule has 3 rings (SSSR count). The Morgan fingerprint density at radius 3 is 2.75 bits per heavy atom. The Hall–Kier alpha value is -2.30. The molecule has 24 heavy (non-hydrogen) atoms. The van der Waals surface area contributed by atoms with Gasteiger partial charge in [-0.25, -0.2) is 5.43 Å². The molecule has 6 heteroatoms. The summed E-state index contributed by atoms with van der Waals surface area (Å²) in [7, 11) is 0. The molecule has 0 bridgehead atoms. The van der Waals surface area contributed by atoms with Crippen molar-refractivity contribution in [2.75, 3.05) is 0 Å². The molecule has 0 aliphatic rings. The number of carbonyl (C=O) groups is 1. The van der Waals surface area contributed by atoms with Gasteiger partial charge in [-0.2, -0.15) is 5.10 Å². The topological polar surface area (TPSA) is 57.2 Å². The number of benzene rings is 2. The molecular weight excluding hydrogens is 345 g/mol. The average Bonchev–Trinajstić information content (AvgIpc) is 2.98. The first-order chi connectivity index (χ1) is 11.5. The molecular formula is C18H15Cl2N3O. The Morgan fingerprint density at radius 2 is 1.96 bits per heavy atom. The molecule has 2 N–H and O–H groups in total. The molecule has 2 aromatic carbocycles. The predicted octanol–water partition coefficient (Wildman–Crippen LogP) is 4.56. The van der Waals surface area contributed by atoms with Gasteiger partial charge < -0.3 is 4.98 Å². The zero-order valence-electron chi connectivity index (χ0n) is 12.9. The highest BCUT2D eigenvalue weighted by atomic mass is 35.5. The fourth-order valence-electron chi connectivity index (χ4n) is 2.42. The van der Waals surface area contributed by atoms with E-state index in [1.54, 1.807) is 25.1 Å². The molecule has 0 aliphatic heterocycles. The summed E-state index contributed by atoms with van der Waals surface area (Å²) in [4.78, 5) is 15.3. The van der Waals surface area contributed by atoms with E-state index in [2.05, 4.69) is 15.5 Å². The van der Waals surface area contributed by atoms with Gasteiger partial charge in [0.2, 0.25) is 5.91 Å². The molecule has 0 spiro atoms. The minimum absolute atomic E-state index is 0.181. The fourth-order valence-corrected chi connectivity index (χ4v) is 2.72.